The molecule has 0 heterocycles. The summed E-state index contributed by atoms with van der Waals surface area (Å²) in [7, 11) is 0. The Bertz CT molecular complexity index is 417. The molecule has 0 amide bonds. The summed E-state index contributed by atoms with van der Waals surface area (Å²) < 4.78 is 26.6. The minimum atomic E-state index is -0.497. The Kier molecular flexibility index (Phi) is 6.79. The molecule has 1 nitrogen and oxygen atoms in total. The molecule has 120 valence electrons. The molecular formula is C18H29F2N. The second-order valence-electron chi connectivity index (χ2n) is 7.14. The van der Waals surface area contributed by atoms with Crippen molar-refractivity contribution in [3.05, 3.63) is 35.4 Å². The highest BCUT2D eigenvalue weighted by Crippen LogP contribution is 2.29. The van der Waals surface area contributed by atoms with Crippen molar-refractivity contribution in [1.82, 2.24) is 5.32 Å². The van der Waals surface area contributed by atoms with Crippen molar-refractivity contribution in [2.75, 3.05) is 6.54 Å². The zero-order chi connectivity index (χ0) is 16.0. The number of hydrogen-bond acceptors (Lipinski definition) is 1. The fourth-order valence-electron chi connectivity index (χ4n) is 2.38. The molecule has 1 aromatic rings. The second-order valence-corrected chi connectivity index (χ2v) is 7.14. The average Bonchev–Trinajstić information content (AvgIpc) is 2.33. The van der Waals surface area contributed by atoms with Crippen LogP contribution in [-0.4, -0.2) is 12.6 Å². The van der Waals surface area contributed by atoms with E-state index in [1.54, 1.807) is 0 Å². The zero-order valence-corrected chi connectivity index (χ0v) is 14.0. The Morgan fingerprint density at radius 1 is 1.10 bits per heavy atom. The minimum absolute atomic E-state index is 0.235. The largest absolute Gasteiger partial charge is 0.314 e. The second kappa shape index (κ2) is 7.88. The van der Waals surface area contributed by atoms with E-state index in [2.05, 4.69) is 39.9 Å². The maximum atomic E-state index is 13.3. The van der Waals surface area contributed by atoms with Crippen molar-refractivity contribution in [3.8, 4) is 0 Å². The van der Waals surface area contributed by atoms with Crippen molar-refractivity contribution < 1.29 is 8.78 Å². The Balaban J connectivity index is 2.77. The molecule has 0 fully saturated rings. The van der Waals surface area contributed by atoms with Crippen LogP contribution in [0.3, 0.4) is 0 Å². The van der Waals surface area contributed by atoms with Gasteiger partial charge in [-0.2, -0.15) is 0 Å². The summed E-state index contributed by atoms with van der Waals surface area (Å²) in [5.74, 6) is -0.462. The van der Waals surface area contributed by atoms with Crippen LogP contribution in [0.1, 0.15) is 53.0 Å². The predicted octanol–water partition coefficient (Wildman–Crippen LogP) is 4.95. The molecule has 1 aromatic carbocycles. The standard InChI is InChI=1S/C18H29F2N/c1-6-7-21-17(8-13(2)18(3,4)5)11-14-9-15(19)12-16(20)10-14/h9-10,12-13,17,21H,6-8,11H2,1-5H3. The predicted molar refractivity (Wildman–Crippen MR) is 85.4 cm³/mol. The van der Waals surface area contributed by atoms with Crippen LogP contribution in [0, 0.1) is 23.0 Å². The lowest BCUT2D eigenvalue weighted by molar-refractivity contribution is 0.222. The Morgan fingerprint density at radius 3 is 2.14 bits per heavy atom. The maximum Gasteiger partial charge on any atom is 0.126 e. The summed E-state index contributed by atoms with van der Waals surface area (Å²) >= 11 is 0. The quantitative estimate of drug-likeness (QED) is 0.751. The molecule has 0 spiro atoms. The molecular weight excluding hydrogens is 268 g/mol. The van der Waals surface area contributed by atoms with E-state index < -0.39 is 11.6 Å². The van der Waals surface area contributed by atoms with E-state index in [0.29, 0.717) is 12.3 Å². The number of benzene rings is 1. The highest BCUT2D eigenvalue weighted by molar-refractivity contribution is 5.19. The first-order valence-corrected chi connectivity index (χ1v) is 7.90. The summed E-state index contributed by atoms with van der Waals surface area (Å²) in [6.07, 6.45) is 2.72. The van der Waals surface area contributed by atoms with Gasteiger partial charge in [0.05, 0.1) is 0 Å². The summed E-state index contributed by atoms with van der Waals surface area (Å²) in [5, 5.41) is 3.51. The molecule has 0 aliphatic carbocycles. The smallest absolute Gasteiger partial charge is 0.126 e. The van der Waals surface area contributed by atoms with Gasteiger partial charge >= 0.3 is 0 Å². The van der Waals surface area contributed by atoms with Crippen molar-refractivity contribution in [2.24, 2.45) is 11.3 Å². The third-order valence-electron chi connectivity index (χ3n) is 4.20. The molecule has 0 aliphatic rings. The highest BCUT2D eigenvalue weighted by Gasteiger charge is 2.23. The van der Waals surface area contributed by atoms with Gasteiger partial charge in [0.1, 0.15) is 11.6 Å². The fourth-order valence-corrected chi connectivity index (χ4v) is 2.38. The number of rotatable bonds is 7. The summed E-state index contributed by atoms with van der Waals surface area (Å²) in [4.78, 5) is 0. The van der Waals surface area contributed by atoms with E-state index in [1.165, 1.54) is 12.1 Å². The SMILES string of the molecule is CCCNC(Cc1cc(F)cc(F)c1)CC(C)C(C)(C)C. The van der Waals surface area contributed by atoms with E-state index >= 15 is 0 Å². The maximum absolute atomic E-state index is 13.3. The summed E-state index contributed by atoms with van der Waals surface area (Å²) in [6, 6.07) is 4.05. The van der Waals surface area contributed by atoms with E-state index in [9.17, 15) is 8.78 Å². The van der Waals surface area contributed by atoms with E-state index in [1.807, 2.05) is 0 Å². The van der Waals surface area contributed by atoms with Gasteiger partial charge in [0, 0.05) is 12.1 Å². The normalized spacial score (nSPS) is 15.0. The van der Waals surface area contributed by atoms with Crippen LogP contribution in [0.5, 0.6) is 0 Å². The highest BCUT2D eigenvalue weighted by atomic mass is 19.1. The molecule has 0 saturated carbocycles. The van der Waals surface area contributed by atoms with Gasteiger partial charge in [-0.25, -0.2) is 8.78 Å². The van der Waals surface area contributed by atoms with Gasteiger partial charge in [0.25, 0.3) is 0 Å². The van der Waals surface area contributed by atoms with Gasteiger partial charge in [-0.05, 0) is 54.8 Å². The Hall–Kier alpha value is -0.960. The fraction of sp³-hybridized carbons (Fsp3) is 0.667. The molecule has 0 saturated heterocycles. The van der Waals surface area contributed by atoms with Gasteiger partial charge in [-0.15, -0.1) is 0 Å². The van der Waals surface area contributed by atoms with Crippen LogP contribution in [0.4, 0.5) is 8.78 Å². The van der Waals surface area contributed by atoms with Crippen molar-refractivity contribution in [2.45, 2.75) is 59.9 Å². The lowest BCUT2D eigenvalue weighted by Gasteiger charge is -2.31. The van der Waals surface area contributed by atoms with Crippen LogP contribution in [0.2, 0.25) is 0 Å². The monoisotopic (exact) mass is 297 g/mol. The number of halogens is 2. The minimum Gasteiger partial charge on any atom is -0.314 e. The third kappa shape index (κ3) is 6.56. The molecule has 1 rings (SSSR count). The van der Waals surface area contributed by atoms with Crippen molar-refractivity contribution in [1.29, 1.82) is 0 Å². The molecule has 2 unspecified atom stereocenters. The first-order chi connectivity index (χ1) is 9.72. The van der Waals surface area contributed by atoms with Gasteiger partial charge in [-0.1, -0.05) is 34.6 Å². The lowest BCUT2D eigenvalue weighted by atomic mass is 9.78. The van der Waals surface area contributed by atoms with Gasteiger partial charge in [-0.3, -0.25) is 0 Å². The third-order valence-corrected chi connectivity index (χ3v) is 4.20. The number of nitrogens with one attached hydrogen (secondary N) is 1. The molecule has 21 heavy (non-hydrogen) atoms. The summed E-state index contributed by atoms with van der Waals surface area (Å²) in [5.41, 5.74) is 0.960. The number of hydrogen-bond donors (Lipinski definition) is 1. The van der Waals surface area contributed by atoms with Gasteiger partial charge < -0.3 is 5.32 Å². The molecule has 1 N–H and O–H groups in total. The first kappa shape index (κ1) is 18.1. The van der Waals surface area contributed by atoms with E-state index in [-0.39, 0.29) is 11.5 Å². The van der Waals surface area contributed by atoms with Crippen molar-refractivity contribution in [3.63, 3.8) is 0 Å². The van der Waals surface area contributed by atoms with Crippen LogP contribution < -0.4 is 5.32 Å². The lowest BCUT2D eigenvalue weighted by Crippen LogP contribution is -2.35. The van der Waals surface area contributed by atoms with Crippen LogP contribution in [0.15, 0.2) is 18.2 Å². The van der Waals surface area contributed by atoms with Crippen LogP contribution in [0.25, 0.3) is 0 Å². The molecule has 0 aromatic heterocycles. The average molecular weight is 297 g/mol. The van der Waals surface area contributed by atoms with E-state index in [0.717, 1.165) is 31.0 Å². The molecule has 0 bridgehead atoms. The topological polar surface area (TPSA) is 12.0 Å². The molecule has 3 heteroatoms. The van der Waals surface area contributed by atoms with E-state index in [4.69, 9.17) is 0 Å². The molecule has 0 aliphatic heterocycles. The Morgan fingerprint density at radius 2 is 1.67 bits per heavy atom. The van der Waals surface area contributed by atoms with Crippen LogP contribution >= 0.6 is 0 Å². The van der Waals surface area contributed by atoms with Gasteiger partial charge in [0.2, 0.25) is 0 Å². The zero-order valence-electron chi connectivity index (χ0n) is 14.0. The van der Waals surface area contributed by atoms with Crippen LogP contribution in [-0.2, 0) is 6.42 Å². The molecule has 2 atom stereocenters. The molecule has 0 radical (unpaired) electrons. The van der Waals surface area contributed by atoms with Gasteiger partial charge in [0.15, 0.2) is 0 Å². The Labute approximate surface area is 128 Å². The first-order valence-electron chi connectivity index (χ1n) is 7.90. The van der Waals surface area contributed by atoms with Crippen molar-refractivity contribution >= 4 is 0 Å². The summed E-state index contributed by atoms with van der Waals surface area (Å²) in [6.45, 7) is 12.0.